The van der Waals surface area contributed by atoms with Gasteiger partial charge in [0.2, 0.25) is 0 Å². The van der Waals surface area contributed by atoms with Gasteiger partial charge >= 0.3 is 0 Å². The van der Waals surface area contributed by atoms with E-state index >= 15 is 0 Å². The molecule has 0 aliphatic rings. The Kier molecular flexibility index (Phi) is 5.58. The minimum absolute atomic E-state index is 0.411. The van der Waals surface area contributed by atoms with Crippen molar-refractivity contribution < 1.29 is 10.2 Å². The second kappa shape index (κ2) is 7.29. The zero-order chi connectivity index (χ0) is 18.0. The fourth-order valence-electron chi connectivity index (χ4n) is 3.66. The van der Waals surface area contributed by atoms with Gasteiger partial charge in [0, 0.05) is 0 Å². The Morgan fingerprint density at radius 1 is 0.750 bits per heavy atom. The lowest BCUT2D eigenvalue weighted by atomic mass is 9.86. The van der Waals surface area contributed by atoms with Crippen LogP contribution in [0.1, 0.15) is 59.6 Å². The van der Waals surface area contributed by atoms with Gasteiger partial charge in [-0.05, 0) is 85.8 Å². The van der Waals surface area contributed by atoms with Crippen molar-refractivity contribution in [1.82, 2.24) is 0 Å². The molecule has 2 N–H and O–H groups in total. The summed E-state index contributed by atoms with van der Waals surface area (Å²) in [4.78, 5) is 0. The van der Waals surface area contributed by atoms with E-state index in [1.807, 2.05) is 27.7 Å². The van der Waals surface area contributed by atoms with Crippen LogP contribution in [-0.4, -0.2) is 10.2 Å². The molecule has 2 heteroatoms. The van der Waals surface area contributed by atoms with E-state index in [0.29, 0.717) is 23.3 Å². The summed E-state index contributed by atoms with van der Waals surface area (Å²) < 4.78 is 0. The topological polar surface area (TPSA) is 40.5 Å². The van der Waals surface area contributed by atoms with E-state index in [1.54, 1.807) is 0 Å². The van der Waals surface area contributed by atoms with Gasteiger partial charge in [0.1, 0.15) is 11.5 Å². The molecule has 0 fully saturated rings. The number of phenols is 2. The normalized spacial score (nSPS) is 13.8. The van der Waals surface area contributed by atoms with Crippen LogP contribution in [0.2, 0.25) is 0 Å². The summed E-state index contributed by atoms with van der Waals surface area (Å²) >= 11 is 0. The molecule has 0 radical (unpaired) electrons. The van der Waals surface area contributed by atoms with Crippen LogP contribution in [0.25, 0.3) is 0 Å². The van der Waals surface area contributed by atoms with Gasteiger partial charge in [-0.1, -0.05) is 38.1 Å². The van der Waals surface area contributed by atoms with Gasteiger partial charge in [-0.2, -0.15) is 0 Å². The molecule has 2 rings (SSSR count). The molecule has 130 valence electrons. The lowest BCUT2D eigenvalue weighted by Gasteiger charge is -2.20. The van der Waals surface area contributed by atoms with E-state index in [4.69, 9.17) is 0 Å². The number of aryl methyl sites for hydroxylation is 4. The van der Waals surface area contributed by atoms with Crippen molar-refractivity contribution in [2.75, 3.05) is 0 Å². The maximum absolute atomic E-state index is 9.94. The van der Waals surface area contributed by atoms with E-state index in [0.717, 1.165) is 35.1 Å². The molecule has 2 aromatic rings. The van der Waals surface area contributed by atoms with Crippen molar-refractivity contribution in [3.63, 3.8) is 0 Å². The van der Waals surface area contributed by atoms with Crippen molar-refractivity contribution in [1.29, 1.82) is 0 Å². The van der Waals surface area contributed by atoms with E-state index < -0.39 is 0 Å². The summed E-state index contributed by atoms with van der Waals surface area (Å²) in [5.41, 5.74) is 6.40. The van der Waals surface area contributed by atoms with E-state index in [1.165, 1.54) is 11.1 Å². The molecule has 2 atom stereocenters. The second-order valence-electron chi connectivity index (χ2n) is 7.53. The molecule has 0 heterocycles. The summed E-state index contributed by atoms with van der Waals surface area (Å²) in [7, 11) is 0. The highest BCUT2D eigenvalue weighted by Crippen LogP contribution is 2.31. The summed E-state index contributed by atoms with van der Waals surface area (Å²) in [6.07, 6.45) is 2.12. The Hall–Kier alpha value is -1.96. The molecule has 2 nitrogen and oxygen atoms in total. The third kappa shape index (κ3) is 4.11. The van der Waals surface area contributed by atoms with Crippen LogP contribution >= 0.6 is 0 Å². The first-order valence-corrected chi connectivity index (χ1v) is 8.78. The number of aromatic hydroxyl groups is 2. The fraction of sp³-hybridized carbons (Fsp3) is 0.455. The molecule has 0 aliphatic carbocycles. The van der Waals surface area contributed by atoms with Crippen LogP contribution in [0.15, 0.2) is 24.3 Å². The molecule has 2 aromatic carbocycles. The minimum atomic E-state index is 0.411. The Bertz CT molecular complexity index is 685. The molecular formula is C22H30O2. The molecule has 0 aliphatic heterocycles. The summed E-state index contributed by atoms with van der Waals surface area (Å²) in [5.74, 6) is 1.83. The SMILES string of the molecule is Cc1cc(CC(C)CC(C)c2cc(C)c(O)c(C)c2)cc(C)c1O. The second-order valence-corrected chi connectivity index (χ2v) is 7.53. The van der Waals surface area contributed by atoms with Crippen LogP contribution < -0.4 is 0 Å². The number of hydrogen-bond acceptors (Lipinski definition) is 2. The van der Waals surface area contributed by atoms with Crippen molar-refractivity contribution in [3.05, 3.63) is 57.6 Å². The Morgan fingerprint density at radius 3 is 1.62 bits per heavy atom. The lowest BCUT2D eigenvalue weighted by molar-refractivity contribution is 0.460. The van der Waals surface area contributed by atoms with Crippen molar-refractivity contribution in [3.8, 4) is 11.5 Å². The molecule has 0 spiro atoms. The minimum Gasteiger partial charge on any atom is -0.507 e. The summed E-state index contributed by atoms with van der Waals surface area (Å²) in [6.45, 7) is 12.4. The molecular weight excluding hydrogens is 296 g/mol. The predicted octanol–water partition coefficient (Wildman–Crippen LogP) is 5.70. The monoisotopic (exact) mass is 326 g/mol. The molecule has 24 heavy (non-hydrogen) atoms. The fourth-order valence-corrected chi connectivity index (χ4v) is 3.66. The van der Waals surface area contributed by atoms with Crippen molar-refractivity contribution in [2.24, 2.45) is 5.92 Å². The highest BCUT2D eigenvalue weighted by Gasteiger charge is 2.15. The van der Waals surface area contributed by atoms with Gasteiger partial charge in [0.25, 0.3) is 0 Å². The first kappa shape index (κ1) is 18.4. The van der Waals surface area contributed by atoms with Crippen molar-refractivity contribution in [2.45, 2.75) is 60.3 Å². The quantitative estimate of drug-likeness (QED) is 0.739. The zero-order valence-electron chi connectivity index (χ0n) is 15.8. The molecule has 2 unspecified atom stereocenters. The lowest BCUT2D eigenvalue weighted by Crippen LogP contribution is -2.06. The standard InChI is InChI=1S/C22H30O2/c1-13(8-19-9-15(3)21(23)16(4)10-19)7-14(2)20-11-17(5)22(24)18(6)12-20/h9-14,23-24H,7-8H2,1-6H3. The van der Waals surface area contributed by atoms with Crippen molar-refractivity contribution >= 4 is 0 Å². The van der Waals surface area contributed by atoms with Gasteiger partial charge in [-0.25, -0.2) is 0 Å². The highest BCUT2D eigenvalue weighted by atomic mass is 16.3. The molecule has 0 bridgehead atoms. The molecule has 0 amide bonds. The summed E-state index contributed by atoms with van der Waals surface area (Å²) in [5, 5.41) is 19.9. The zero-order valence-corrected chi connectivity index (χ0v) is 15.8. The number of rotatable bonds is 5. The van der Waals surface area contributed by atoms with Crippen LogP contribution in [0.4, 0.5) is 0 Å². The van der Waals surface area contributed by atoms with Crippen LogP contribution in [0.5, 0.6) is 11.5 Å². The van der Waals surface area contributed by atoms with Gasteiger partial charge in [0.05, 0.1) is 0 Å². The first-order chi connectivity index (χ1) is 11.2. The maximum Gasteiger partial charge on any atom is 0.121 e. The van der Waals surface area contributed by atoms with Gasteiger partial charge in [0.15, 0.2) is 0 Å². The highest BCUT2D eigenvalue weighted by molar-refractivity contribution is 5.43. The van der Waals surface area contributed by atoms with Gasteiger partial charge in [-0.3, -0.25) is 0 Å². The number of phenolic OH excluding ortho intramolecular Hbond substituents is 2. The Labute approximate surface area is 146 Å². The van der Waals surface area contributed by atoms with E-state index in [-0.39, 0.29) is 0 Å². The average molecular weight is 326 g/mol. The number of hydrogen-bond donors (Lipinski definition) is 2. The molecule has 0 saturated carbocycles. The largest absolute Gasteiger partial charge is 0.507 e. The first-order valence-electron chi connectivity index (χ1n) is 8.78. The predicted molar refractivity (Wildman–Crippen MR) is 101 cm³/mol. The van der Waals surface area contributed by atoms with Gasteiger partial charge < -0.3 is 10.2 Å². The summed E-state index contributed by atoms with van der Waals surface area (Å²) in [6, 6.07) is 8.40. The van der Waals surface area contributed by atoms with Gasteiger partial charge in [-0.15, -0.1) is 0 Å². The number of benzene rings is 2. The Balaban J connectivity index is 2.08. The maximum atomic E-state index is 9.94. The molecule has 0 saturated heterocycles. The smallest absolute Gasteiger partial charge is 0.121 e. The third-order valence-electron chi connectivity index (χ3n) is 4.97. The van der Waals surface area contributed by atoms with E-state index in [9.17, 15) is 10.2 Å². The molecule has 0 aromatic heterocycles. The third-order valence-corrected chi connectivity index (χ3v) is 4.97. The van der Waals surface area contributed by atoms with Crippen LogP contribution in [0, 0.1) is 33.6 Å². The average Bonchev–Trinajstić information content (AvgIpc) is 2.49. The Morgan fingerprint density at radius 2 is 1.17 bits per heavy atom. The van der Waals surface area contributed by atoms with Crippen LogP contribution in [-0.2, 0) is 6.42 Å². The van der Waals surface area contributed by atoms with E-state index in [2.05, 4.69) is 38.1 Å². The van der Waals surface area contributed by atoms with Crippen LogP contribution in [0.3, 0.4) is 0 Å².